The maximum Gasteiger partial charge on any atom is 0.287 e. The van der Waals surface area contributed by atoms with Gasteiger partial charge in [-0.1, -0.05) is 13.0 Å². The molecule has 5 heteroatoms. The van der Waals surface area contributed by atoms with E-state index < -0.39 is 25.0 Å². The van der Waals surface area contributed by atoms with Crippen molar-refractivity contribution in [2.75, 3.05) is 13.2 Å². The Labute approximate surface area is 81.8 Å². The molecular formula is C9H15F2NO2. The molecule has 3 nitrogen and oxygen atoms in total. The molecule has 0 unspecified atom stereocenters. The van der Waals surface area contributed by atoms with Crippen LogP contribution in [0.3, 0.4) is 0 Å². The largest absolute Gasteiger partial charge is 0.390 e. The Morgan fingerprint density at radius 3 is 2.57 bits per heavy atom. The summed E-state index contributed by atoms with van der Waals surface area (Å²) in [5.41, 5.74) is 0.404. The van der Waals surface area contributed by atoms with Gasteiger partial charge in [-0.15, -0.1) is 0 Å². The fourth-order valence-electron chi connectivity index (χ4n) is 0.804. The normalized spacial score (nSPS) is 12.8. The Bertz CT molecular complexity index is 227. The van der Waals surface area contributed by atoms with Gasteiger partial charge >= 0.3 is 0 Å². The van der Waals surface area contributed by atoms with Crippen LogP contribution >= 0.6 is 0 Å². The molecule has 0 aliphatic carbocycles. The van der Waals surface area contributed by atoms with Gasteiger partial charge in [0, 0.05) is 5.57 Å². The van der Waals surface area contributed by atoms with Crippen LogP contribution in [0.4, 0.5) is 8.78 Å². The van der Waals surface area contributed by atoms with Gasteiger partial charge in [0.25, 0.3) is 5.92 Å². The number of hydrogen-bond acceptors (Lipinski definition) is 2. The number of nitrogens with one attached hydrogen (secondary N) is 1. The highest BCUT2D eigenvalue weighted by Crippen LogP contribution is 2.10. The van der Waals surface area contributed by atoms with E-state index in [1.54, 1.807) is 13.0 Å². The second-order valence-electron chi connectivity index (χ2n) is 2.99. The molecule has 1 amide bonds. The van der Waals surface area contributed by atoms with E-state index in [-0.39, 0.29) is 0 Å². The van der Waals surface area contributed by atoms with Gasteiger partial charge in [-0.05, 0) is 13.3 Å². The second-order valence-corrected chi connectivity index (χ2v) is 2.99. The highest BCUT2D eigenvalue weighted by Gasteiger charge is 2.28. The van der Waals surface area contributed by atoms with Crippen LogP contribution in [-0.4, -0.2) is 30.1 Å². The molecule has 0 saturated heterocycles. The van der Waals surface area contributed by atoms with E-state index in [9.17, 15) is 13.6 Å². The lowest BCUT2D eigenvalue weighted by molar-refractivity contribution is -0.120. The minimum atomic E-state index is -3.25. The van der Waals surface area contributed by atoms with E-state index in [0.717, 1.165) is 0 Å². The van der Waals surface area contributed by atoms with Crippen molar-refractivity contribution in [1.29, 1.82) is 0 Å². The van der Waals surface area contributed by atoms with Crippen molar-refractivity contribution in [3.63, 3.8) is 0 Å². The first-order valence-electron chi connectivity index (χ1n) is 4.36. The summed E-state index contributed by atoms with van der Waals surface area (Å²) >= 11 is 0. The number of carbonyl (C=O) groups is 1. The molecule has 0 aromatic carbocycles. The molecule has 0 spiro atoms. The lowest BCUT2D eigenvalue weighted by Gasteiger charge is -2.13. The molecule has 0 atom stereocenters. The smallest absolute Gasteiger partial charge is 0.287 e. The molecule has 0 heterocycles. The zero-order valence-electron chi connectivity index (χ0n) is 8.31. The SMILES string of the molecule is CC/C=C(/C)C(=O)NCC(F)(F)CO. The summed E-state index contributed by atoms with van der Waals surface area (Å²) in [7, 11) is 0. The van der Waals surface area contributed by atoms with Crippen LogP contribution in [0.2, 0.25) is 0 Å². The number of allylic oxidation sites excluding steroid dienone is 1. The van der Waals surface area contributed by atoms with Crippen LogP contribution in [0, 0.1) is 0 Å². The van der Waals surface area contributed by atoms with Crippen molar-refractivity contribution in [2.45, 2.75) is 26.2 Å². The zero-order chi connectivity index (χ0) is 11.2. The van der Waals surface area contributed by atoms with Crippen molar-refractivity contribution < 1.29 is 18.7 Å². The molecular weight excluding hydrogens is 192 g/mol. The van der Waals surface area contributed by atoms with E-state index in [0.29, 0.717) is 12.0 Å². The monoisotopic (exact) mass is 207 g/mol. The third-order valence-corrected chi connectivity index (χ3v) is 1.61. The van der Waals surface area contributed by atoms with E-state index >= 15 is 0 Å². The third kappa shape index (κ3) is 4.91. The molecule has 0 radical (unpaired) electrons. The molecule has 82 valence electrons. The summed E-state index contributed by atoms with van der Waals surface area (Å²) in [6, 6.07) is 0. The summed E-state index contributed by atoms with van der Waals surface area (Å²) in [4.78, 5) is 11.1. The molecule has 0 aromatic heterocycles. The molecule has 0 aliphatic heterocycles. The fraction of sp³-hybridized carbons (Fsp3) is 0.667. The lowest BCUT2D eigenvalue weighted by atomic mass is 10.2. The van der Waals surface area contributed by atoms with Crippen LogP contribution in [0.1, 0.15) is 20.3 Å². The van der Waals surface area contributed by atoms with Gasteiger partial charge in [-0.3, -0.25) is 4.79 Å². The Morgan fingerprint density at radius 1 is 1.57 bits per heavy atom. The molecule has 0 fully saturated rings. The number of amides is 1. The summed E-state index contributed by atoms with van der Waals surface area (Å²) in [5, 5.41) is 10.3. The average molecular weight is 207 g/mol. The molecule has 0 bridgehead atoms. The van der Waals surface area contributed by atoms with Crippen LogP contribution in [0.25, 0.3) is 0 Å². The summed E-state index contributed by atoms with van der Waals surface area (Å²) < 4.78 is 25.0. The van der Waals surface area contributed by atoms with E-state index in [1.165, 1.54) is 0 Å². The van der Waals surface area contributed by atoms with Gasteiger partial charge < -0.3 is 10.4 Å². The van der Waals surface area contributed by atoms with Gasteiger partial charge in [-0.2, -0.15) is 0 Å². The summed E-state index contributed by atoms with van der Waals surface area (Å²) in [6.45, 7) is 1.30. The number of hydrogen-bond donors (Lipinski definition) is 2. The molecule has 0 rings (SSSR count). The number of rotatable bonds is 5. The minimum Gasteiger partial charge on any atom is -0.390 e. The highest BCUT2D eigenvalue weighted by molar-refractivity contribution is 5.92. The van der Waals surface area contributed by atoms with Crippen LogP contribution < -0.4 is 5.32 Å². The first-order valence-corrected chi connectivity index (χ1v) is 4.36. The minimum absolute atomic E-state index is 0.404. The van der Waals surface area contributed by atoms with E-state index in [2.05, 4.69) is 0 Å². The average Bonchev–Trinajstić information content (AvgIpc) is 2.15. The number of carbonyl (C=O) groups excluding carboxylic acids is 1. The number of aliphatic hydroxyl groups is 1. The van der Waals surface area contributed by atoms with Crippen LogP contribution in [-0.2, 0) is 4.79 Å². The summed E-state index contributed by atoms with van der Waals surface area (Å²) in [6.07, 6.45) is 2.32. The standard InChI is InChI=1S/C9H15F2NO2/c1-3-4-7(2)8(14)12-5-9(10,11)6-13/h4,13H,3,5-6H2,1-2H3,(H,12,14)/b7-4-. The second kappa shape index (κ2) is 5.70. The fourth-order valence-corrected chi connectivity index (χ4v) is 0.804. The predicted molar refractivity (Wildman–Crippen MR) is 49.1 cm³/mol. The summed E-state index contributed by atoms with van der Waals surface area (Å²) in [5.74, 6) is -3.78. The van der Waals surface area contributed by atoms with Gasteiger partial charge in [0.15, 0.2) is 0 Å². The first-order chi connectivity index (χ1) is 6.43. The topological polar surface area (TPSA) is 49.3 Å². The van der Waals surface area contributed by atoms with Crippen molar-refractivity contribution in [3.8, 4) is 0 Å². The maximum absolute atomic E-state index is 12.5. The van der Waals surface area contributed by atoms with Gasteiger partial charge in [0.1, 0.15) is 6.61 Å². The Kier molecular flexibility index (Phi) is 5.30. The van der Waals surface area contributed by atoms with Crippen molar-refractivity contribution in [1.82, 2.24) is 5.32 Å². The lowest BCUT2D eigenvalue weighted by Crippen LogP contribution is -2.39. The third-order valence-electron chi connectivity index (χ3n) is 1.61. The van der Waals surface area contributed by atoms with Crippen LogP contribution in [0.15, 0.2) is 11.6 Å². The van der Waals surface area contributed by atoms with E-state index in [4.69, 9.17) is 5.11 Å². The highest BCUT2D eigenvalue weighted by atomic mass is 19.3. The molecule has 0 saturated carbocycles. The van der Waals surface area contributed by atoms with Crippen molar-refractivity contribution >= 4 is 5.91 Å². The van der Waals surface area contributed by atoms with Crippen molar-refractivity contribution in [3.05, 3.63) is 11.6 Å². The maximum atomic E-state index is 12.5. The number of halogens is 2. The number of aliphatic hydroxyl groups excluding tert-OH is 1. The van der Waals surface area contributed by atoms with Crippen LogP contribution in [0.5, 0.6) is 0 Å². The zero-order valence-corrected chi connectivity index (χ0v) is 8.31. The Morgan fingerprint density at radius 2 is 2.14 bits per heavy atom. The number of alkyl halides is 2. The first kappa shape index (κ1) is 13.0. The quantitative estimate of drug-likeness (QED) is 0.663. The van der Waals surface area contributed by atoms with Gasteiger partial charge in [0.05, 0.1) is 6.54 Å². The predicted octanol–water partition coefficient (Wildman–Crippen LogP) is 1.09. The molecule has 0 aromatic rings. The molecule has 0 aliphatic rings. The molecule has 14 heavy (non-hydrogen) atoms. The molecule has 2 N–H and O–H groups in total. The van der Waals surface area contributed by atoms with Crippen molar-refractivity contribution in [2.24, 2.45) is 0 Å². The Hall–Kier alpha value is -0.970. The van der Waals surface area contributed by atoms with Gasteiger partial charge in [0.2, 0.25) is 5.91 Å². The van der Waals surface area contributed by atoms with Gasteiger partial charge in [-0.25, -0.2) is 8.78 Å². The van der Waals surface area contributed by atoms with E-state index in [1.807, 2.05) is 12.2 Å². The Balaban J connectivity index is 4.03.